The van der Waals surface area contributed by atoms with E-state index in [2.05, 4.69) is 11.4 Å². The van der Waals surface area contributed by atoms with Crippen LogP contribution in [-0.4, -0.2) is 32.9 Å². The van der Waals surface area contributed by atoms with Crippen molar-refractivity contribution in [2.45, 2.75) is 31.6 Å². The lowest BCUT2D eigenvalue weighted by Gasteiger charge is -2.34. The van der Waals surface area contributed by atoms with Gasteiger partial charge in [-0.1, -0.05) is 30.3 Å². The summed E-state index contributed by atoms with van der Waals surface area (Å²) in [5.41, 5.74) is 2.40. The maximum atomic E-state index is 13.1. The molecule has 2 aromatic carbocycles. The molecule has 0 radical (unpaired) electrons. The van der Waals surface area contributed by atoms with Crippen LogP contribution >= 0.6 is 0 Å². The van der Waals surface area contributed by atoms with Crippen LogP contribution in [0.1, 0.15) is 30.9 Å². The van der Waals surface area contributed by atoms with Gasteiger partial charge in [-0.25, -0.2) is 8.42 Å². The third-order valence-corrected chi connectivity index (χ3v) is 5.96. The standard InChI is InChI=1S/C21H25NO4S/c1-21(12-6-8-16-7-3-4-11-19(16)21)20(23)22-17-9-5-10-18(15-17)26-13-14-27(2,24)25/h3-5,7,9-11,15H,6,8,12-14H2,1-2H3,(H,22,23). The topological polar surface area (TPSA) is 72.5 Å². The van der Waals surface area contributed by atoms with Crippen molar-refractivity contribution in [2.24, 2.45) is 0 Å². The van der Waals surface area contributed by atoms with Crippen molar-refractivity contribution in [1.82, 2.24) is 0 Å². The van der Waals surface area contributed by atoms with Gasteiger partial charge in [0.2, 0.25) is 5.91 Å². The minimum atomic E-state index is -3.07. The number of amides is 1. The molecule has 0 aromatic heterocycles. The van der Waals surface area contributed by atoms with Crippen molar-refractivity contribution >= 4 is 21.4 Å². The van der Waals surface area contributed by atoms with Crippen LogP contribution in [0.5, 0.6) is 5.75 Å². The van der Waals surface area contributed by atoms with Crippen molar-refractivity contribution in [2.75, 3.05) is 23.9 Å². The quantitative estimate of drug-likeness (QED) is 0.825. The molecule has 1 atom stereocenters. The summed E-state index contributed by atoms with van der Waals surface area (Å²) in [7, 11) is -3.07. The van der Waals surface area contributed by atoms with Gasteiger partial charge in [0.25, 0.3) is 0 Å². The van der Waals surface area contributed by atoms with Crippen LogP contribution in [0, 0.1) is 0 Å². The molecule has 3 rings (SSSR count). The molecular formula is C21H25NO4S. The van der Waals surface area contributed by atoms with Crippen LogP contribution in [0.25, 0.3) is 0 Å². The first-order valence-electron chi connectivity index (χ1n) is 9.08. The Morgan fingerprint density at radius 1 is 1.19 bits per heavy atom. The van der Waals surface area contributed by atoms with Crippen molar-refractivity contribution in [3.8, 4) is 5.75 Å². The van der Waals surface area contributed by atoms with E-state index in [-0.39, 0.29) is 18.3 Å². The highest BCUT2D eigenvalue weighted by Crippen LogP contribution is 2.38. The molecule has 0 saturated carbocycles. The minimum Gasteiger partial charge on any atom is -0.492 e. The van der Waals surface area contributed by atoms with Crippen LogP contribution in [-0.2, 0) is 26.5 Å². The fourth-order valence-corrected chi connectivity index (χ4v) is 3.91. The average Bonchev–Trinajstić information content (AvgIpc) is 2.61. The number of carbonyl (C=O) groups is 1. The number of sulfone groups is 1. The molecule has 5 nitrogen and oxygen atoms in total. The number of aryl methyl sites for hydroxylation is 1. The lowest BCUT2D eigenvalue weighted by Crippen LogP contribution is -2.40. The molecule has 144 valence electrons. The number of anilines is 1. The molecule has 0 spiro atoms. The highest BCUT2D eigenvalue weighted by molar-refractivity contribution is 7.90. The summed E-state index contributed by atoms with van der Waals surface area (Å²) in [6.07, 6.45) is 3.97. The molecule has 2 aromatic rings. The van der Waals surface area contributed by atoms with Crippen molar-refractivity contribution in [3.05, 3.63) is 59.7 Å². The smallest absolute Gasteiger partial charge is 0.234 e. The minimum absolute atomic E-state index is 0.0389. The van der Waals surface area contributed by atoms with Gasteiger partial charge in [-0.3, -0.25) is 4.79 Å². The zero-order valence-electron chi connectivity index (χ0n) is 15.7. The molecule has 0 aliphatic heterocycles. The lowest BCUT2D eigenvalue weighted by atomic mass is 9.70. The van der Waals surface area contributed by atoms with Crippen molar-refractivity contribution < 1.29 is 17.9 Å². The van der Waals surface area contributed by atoms with Crippen LogP contribution in [0.3, 0.4) is 0 Å². The molecule has 1 amide bonds. The molecule has 0 saturated heterocycles. The predicted molar refractivity (Wildman–Crippen MR) is 107 cm³/mol. The number of rotatable bonds is 6. The number of ether oxygens (including phenoxy) is 1. The molecule has 27 heavy (non-hydrogen) atoms. The monoisotopic (exact) mass is 387 g/mol. The second-order valence-corrected chi connectivity index (χ2v) is 9.56. The Bertz CT molecular complexity index is 939. The van der Waals surface area contributed by atoms with Crippen LogP contribution < -0.4 is 10.1 Å². The van der Waals surface area contributed by atoms with Gasteiger partial charge < -0.3 is 10.1 Å². The van der Waals surface area contributed by atoms with Gasteiger partial charge in [0.05, 0.1) is 11.2 Å². The van der Waals surface area contributed by atoms with E-state index >= 15 is 0 Å². The van der Waals surface area contributed by atoms with E-state index < -0.39 is 15.3 Å². The fourth-order valence-electron chi connectivity index (χ4n) is 3.52. The first-order valence-corrected chi connectivity index (χ1v) is 11.1. The van der Waals surface area contributed by atoms with Gasteiger partial charge in [-0.15, -0.1) is 0 Å². The second-order valence-electron chi connectivity index (χ2n) is 7.30. The highest BCUT2D eigenvalue weighted by Gasteiger charge is 2.38. The Kier molecular flexibility index (Phi) is 5.56. The number of nitrogens with one attached hydrogen (secondary N) is 1. The second kappa shape index (κ2) is 7.72. The molecule has 0 fully saturated rings. The predicted octanol–water partition coefficient (Wildman–Crippen LogP) is 3.34. The van der Waals surface area contributed by atoms with Crippen LogP contribution in [0.15, 0.2) is 48.5 Å². The normalized spacial score (nSPS) is 19.2. The summed E-state index contributed by atoms with van der Waals surface area (Å²) in [5.74, 6) is 0.451. The molecule has 1 aliphatic carbocycles. The summed E-state index contributed by atoms with van der Waals surface area (Å²) in [6, 6.07) is 15.2. The molecule has 6 heteroatoms. The summed E-state index contributed by atoms with van der Waals surface area (Å²) in [6.45, 7) is 2.08. The van der Waals surface area contributed by atoms with Gasteiger partial charge in [0.1, 0.15) is 12.4 Å². The largest absolute Gasteiger partial charge is 0.492 e. The van der Waals surface area contributed by atoms with Crippen molar-refractivity contribution in [1.29, 1.82) is 0 Å². The van der Waals surface area contributed by atoms with Crippen LogP contribution in [0.2, 0.25) is 0 Å². The van der Waals surface area contributed by atoms with Crippen molar-refractivity contribution in [3.63, 3.8) is 0 Å². The van der Waals surface area contributed by atoms with E-state index in [1.54, 1.807) is 24.3 Å². The maximum absolute atomic E-state index is 13.1. The summed E-state index contributed by atoms with van der Waals surface area (Å²) >= 11 is 0. The summed E-state index contributed by atoms with van der Waals surface area (Å²) in [4.78, 5) is 13.1. The Balaban J connectivity index is 1.72. The third kappa shape index (κ3) is 4.69. The lowest BCUT2D eigenvalue weighted by molar-refractivity contribution is -0.121. The zero-order chi connectivity index (χ0) is 19.5. The number of hydrogen-bond acceptors (Lipinski definition) is 4. The summed E-state index contributed by atoms with van der Waals surface area (Å²) in [5, 5.41) is 3.00. The Labute approximate surface area is 160 Å². The number of fused-ring (bicyclic) bond motifs is 1. The molecule has 0 bridgehead atoms. The van der Waals surface area contributed by atoms with E-state index in [4.69, 9.17) is 4.74 Å². The van der Waals surface area contributed by atoms with E-state index in [1.807, 2.05) is 25.1 Å². The molecule has 1 N–H and O–H groups in total. The van der Waals surface area contributed by atoms with E-state index in [0.717, 1.165) is 24.8 Å². The van der Waals surface area contributed by atoms with Gasteiger partial charge >= 0.3 is 0 Å². The fraction of sp³-hybridized carbons (Fsp3) is 0.381. The number of benzene rings is 2. The zero-order valence-corrected chi connectivity index (χ0v) is 16.5. The maximum Gasteiger partial charge on any atom is 0.234 e. The molecule has 1 aliphatic rings. The average molecular weight is 388 g/mol. The van der Waals surface area contributed by atoms with Gasteiger partial charge in [-0.2, -0.15) is 0 Å². The molecule has 1 unspecified atom stereocenters. The van der Waals surface area contributed by atoms with Gasteiger partial charge in [0, 0.05) is 18.0 Å². The molecular weight excluding hydrogens is 362 g/mol. The van der Waals surface area contributed by atoms with Gasteiger partial charge in [0.15, 0.2) is 9.84 Å². The van der Waals surface area contributed by atoms with E-state index in [1.165, 1.54) is 11.8 Å². The third-order valence-electron chi connectivity index (χ3n) is 5.05. The van der Waals surface area contributed by atoms with E-state index in [9.17, 15) is 13.2 Å². The van der Waals surface area contributed by atoms with E-state index in [0.29, 0.717) is 11.4 Å². The first-order chi connectivity index (χ1) is 12.8. The highest BCUT2D eigenvalue weighted by atomic mass is 32.2. The van der Waals surface area contributed by atoms with Gasteiger partial charge in [-0.05, 0) is 49.4 Å². The Morgan fingerprint density at radius 3 is 2.74 bits per heavy atom. The Hall–Kier alpha value is -2.34. The number of hydrogen-bond donors (Lipinski definition) is 1. The molecule has 0 heterocycles. The number of carbonyl (C=O) groups excluding carboxylic acids is 1. The first kappa shape index (κ1) is 19.4. The summed E-state index contributed by atoms with van der Waals surface area (Å²) < 4.78 is 27.9. The SMILES string of the molecule is CC1(C(=O)Nc2cccc(OCCS(C)(=O)=O)c2)CCCc2ccccc21. The Morgan fingerprint density at radius 2 is 1.96 bits per heavy atom. The van der Waals surface area contributed by atoms with Crippen LogP contribution in [0.4, 0.5) is 5.69 Å².